The van der Waals surface area contributed by atoms with E-state index >= 15 is 0 Å². The number of rotatable bonds is 8. The number of ether oxygens (including phenoxy) is 2. The lowest BCUT2D eigenvalue weighted by atomic mass is 10.2. The SMILES string of the molecule is CC(C)Oc1cc(C(=O)Nc2nnc(C(F)(F)F)s2)cc(OCCc2ccccc2)n1. The molecule has 0 spiro atoms. The van der Waals surface area contributed by atoms with Gasteiger partial charge in [-0.15, -0.1) is 10.2 Å². The van der Waals surface area contributed by atoms with Crippen molar-refractivity contribution in [3.05, 3.63) is 58.6 Å². The largest absolute Gasteiger partial charge is 0.477 e. The molecule has 0 bridgehead atoms. The van der Waals surface area contributed by atoms with Crippen LogP contribution in [0.3, 0.4) is 0 Å². The molecule has 31 heavy (non-hydrogen) atoms. The van der Waals surface area contributed by atoms with Crippen LogP contribution in [0, 0.1) is 0 Å². The van der Waals surface area contributed by atoms with Gasteiger partial charge in [0, 0.05) is 18.6 Å². The van der Waals surface area contributed by atoms with Crippen LogP contribution in [-0.4, -0.2) is 33.8 Å². The minimum Gasteiger partial charge on any atom is -0.477 e. The lowest BCUT2D eigenvalue weighted by molar-refractivity contribution is -0.138. The molecular weight excluding hydrogens is 433 g/mol. The summed E-state index contributed by atoms with van der Waals surface area (Å²) in [7, 11) is 0. The Morgan fingerprint density at radius 2 is 1.84 bits per heavy atom. The highest BCUT2D eigenvalue weighted by Gasteiger charge is 2.35. The van der Waals surface area contributed by atoms with Gasteiger partial charge in [-0.25, -0.2) is 0 Å². The predicted octanol–water partition coefficient (Wildman–Crippen LogP) is 4.61. The number of anilines is 1. The first-order chi connectivity index (χ1) is 14.7. The van der Waals surface area contributed by atoms with Gasteiger partial charge in [-0.05, 0) is 19.4 Å². The molecule has 0 saturated carbocycles. The molecule has 0 aliphatic heterocycles. The number of benzene rings is 1. The van der Waals surface area contributed by atoms with E-state index in [0.717, 1.165) is 5.56 Å². The van der Waals surface area contributed by atoms with Gasteiger partial charge in [0.1, 0.15) is 0 Å². The van der Waals surface area contributed by atoms with Gasteiger partial charge in [0.05, 0.1) is 18.3 Å². The summed E-state index contributed by atoms with van der Waals surface area (Å²) in [6, 6.07) is 12.5. The fraction of sp³-hybridized carbons (Fsp3) is 0.300. The predicted molar refractivity (Wildman–Crippen MR) is 109 cm³/mol. The molecule has 0 radical (unpaired) electrons. The van der Waals surface area contributed by atoms with Gasteiger partial charge < -0.3 is 9.47 Å². The van der Waals surface area contributed by atoms with Crippen molar-refractivity contribution in [1.82, 2.24) is 15.2 Å². The Labute approximate surface area is 180 Å². The third-order valence-corrected chi connectivity index (χ3v) is 4.65. The van der Waals surface area contributed by atoms with Crippen LogP contribution in [0.2, 0.25) is 0 Å². The summed E-state index contributed by atoms with van der Waals surface area (Å²) >= 11 is 0.236. The molecule has 0 aliphatic rings. The fourth-order valence-electron chi connectivity index (χ4n) is 2.46. The molecular formula is C20H19F3N4O3S. The Balaban J connectivity index is 1.73. The molecule has 3 aromatic rings. The van der Waals surface area contributed by atoms with Crippen molar-refractivity contribution >= 4 is 22.4 Å². The molecule has 2 aromatic heterocycles. The third-order valence-electron chi connectivity index (χ3n) is 3.77. The third kappa shape index (κ3) is 6.64. The molecule has 3 rings (SSSR count). The van der Waals surface area contributed by atoms with Crippen molar-refractivity contribution in [2.45, 2.75) is 32.5 Å². The second kappa shape index (κ2) is 9.73. The number of halogens is 3. The Morgan fingerprint density at radius 1 is 1.13 bits per heavy atom. The van der Waals surface area contributed by atoms with Gasteiger partial charge in [0.2, 0.25) is 21.9 Å². The lowest BCUT2D eigenvalue weighted by Crippen LogP contribution is -2.14. The van der Waals surface area contributed by atoms with E-state index in [1.807, 2.05) is 30.3 Å². The van der Waals surface area contributed by atoms with Gasteiger partial charge >= 0.3 is 6.18 Å². The van der Waals surface area contributed by atoms with Gasteiger partial charge in [-0.1, -0.05) is 41.7 Å². The van der Waals surface area contributed by atoms with Crippen LogP contribution in [0.25, 0.3) is 0 Å². The second-order valence-electron chi connectivity index (χ2n) is 6.65. The van der Waals surface area contributed by atoms with E-state index in [0.29, 0.717) is 13.0 Å². The number of amides is 1. The lowest BCUT2D eigenvalue weighted by Gasteiger charge is -2.13. The van der Waals surface area contributed by atoms with Crippen molar-refractivity contribution in [2.75, 3.05) is 11.9 Å². The minimum atomic E-state index is -4.63. The van der Waals surface area contributed by atoms with Gasteiger partial charge in [-0.2, -0.15) is 18.2 Å². The summed E-state index contributed by atoms with van der Waals surface area (Å²) in [5.74, 6) is -0.369. The molecule has 1 N–H and O–H groups in total. The number of nitrogens with zero attached hydrogens (tertiary/aromatic N) is 3. The number of pyridine rings is 1. The molecule has 0 aliphatic carbocycles. The van der Waals surface area contributed by atoms with Crippen molar-refractivity contribution < 1.29 is 27.4 Å². The maximum absolute atomic E-state index is 12.7. The van der Waals surface area contributed by atoms with E-state index < -0.39 is 17.1 Å². The standard InChI is InChI=1S/C20H19F3N4O3S/c1-12(2)30-16-11-14(17(28)25-19-27-26-18(31-19)20(21,22)23)10-15(24-16)29-9-8-13-6-4-3-5-7-13/h3-7,10-12H,8-9H2,1-2H3,(H,25,27,28). The number of hydrogen-bond acceptors (Lipinski definition) is 7. The Kier molecular flexibility index (Phi) is 7.06. The Morgan fingerprint density at radius 3 is 2.48 bits per heavy atom. The van der Waals surface area contributed by atoms with Crippen LogP contribution >= 0.6 is 11.3 Å². The molecule has 0 unspecified atom stereocenters. The number of carbonyl (C=O) groups is 1. The van der Waals surface area contributed by atoms with Crippen LogP contribution in [-0.2, 0) is 12.6 Å². The van der Waals surface area contributed by atoms with E-state index in [-0.39, 0.29) is 39.9 Å². The van der Waals surface area contributed by atoms with E-state index in [9.17, 15) is 18.0 Å². The van der Waals surface area contributed by atoms with Crippen LogP contribution in [0.5, 0.6) is 11.8 Å². The molecule has 0 fully saturated rings. The molecule has 11 heteroatoms. The second-order valence-corrected chi connectivity index (χ2v) is 7.62. The Hall–Kier alpha value is -3.21. The number of alkyl halides is 3. The van der Waals surface area contributed by atoms with E-state index in [4.69, 9.17) is 9.47 Å². The zero-order chi connectivity index (χ0) is 22.4. The highest BCUT2D eigenvalue weighted by molar-refractivity contribution is 7.15. The quantitative estimate of drug-likeness (QED) is 0.537. The minimum absolute atomic E-state index is 0.101. The van der Waals surface area contributed by atoms with Crippen molar-refractivity contribution in [3.63, 3.8) is 0 Å². The Bertz CT molecular complexity index is 1030. The zero-order valence-corrected chi connectivity index (χ0v) is 17.5. The van der Waals surface area contributed by atoms with Crippen molar-refractivity contribution in [1.29, 1.82) is 0 Å². The number of nitrogens with one attached hydrogen (secondary N) is 1. The summed E-state index contributed by atoms with van der Waals surface area (Å²) in [6.07, 6.45) is -4.21. The van der Waals surface area contributed by atoms with Gasteiger partial charge in [0.15, 0.2) is 0 Å². The normalized spacial score (nSPS) is 11.4. The first-order valence-corrected chi connectivity index (χ1v) is 10.1. The highest BCUT2D eigenvalue weighted by Crippen LogP contribution is 2.33. The van der Waals surface area contributed by atoms with E-state index in [1.54, 1.807) is 13.8 Å². The van der Waals surface area contributed by atoms with Crippen LogP contribution < -0.4 is 14.8 Å². The summed E-state index contributed by atoms with van der Waals surface area (Å²) in [5, 5.41) is 7.30. The molecule has 1 aromatic carbocycles. The molecule has 0 saturated heterocycles. The van der Waals surface area contributed by atoms with E-state index in [1.165, 1.54) is 12.1 Å². The monoisotopic (exact) mass is 452 g/mol. The van der Waals surface area contributed by atoms with Gasteiger partial charge in [0.25, 0.3) is 5.91 Å². The molecule has 7 nitrogen and oxygen atoms in total. The van der Waals surface area contributed by atoms with Crippen LogP contribution in [0.15, 0.2) is 42.5 Å². The number of hydrogen-bond donors (Lipinski definition) is 1. The maximum Gasteiger partial charge on any atom is 0.445 e. The molecule has 2 heterocycles. The van der Waals surface area contributed by atoms with E-state index in [2.05, 4.69) is 20.5 Å². The highest BCUT2D eigenvalue weighted by atomic mass is 32.1. The average Bonchev–Trinajstić information content (AvgIpc) is 3.17. The topological polar surface area (TPSA) is 86.2 Å². The summed E-state index contributed by atoms with van der Waals surface area (Å²) in [4.78, 5) is 16.8. The average molecular weight is 452 g/mol. The molecule has 0 atom stereocenters. The number of carbonyl (C=O) groups excluding carboxylic acids is 1. The smallest absolute Gasteiger partial charge is 0.445 e. The first kappa shape index (κ1) is 22.5. The van der Waals surface area contributed by atoms with Crippen LogP contribution in [0.4, 0.5) is 18.3 Å². The maximum atomic E-state index is 12.7. The first-order valence-electron chi connectivity index (χ1n) is 9.28. The van der Waals surface area contributed by atoms with Crippen LogP contribution in [0.1, 0.15) is 34.8 Å². The fourth-order valence-corrected chi connectivity index (χ4v) is 3.07. The summed E-state index contributed by atoms with van der Waals surface area (Å²) in [5.41, 5.74) is 1.18. The van der Waals surface area contributed by atoms with Crippen molar-refractivity contribution in [3.8, 4) is 11.8 Å². The molecule has 164 valence electrons. The summed E-state index contributed by atoms with van der Waals surface area (Å²) in [6.45, 7) is 3.91. The number of aromatic nitrogens is 3. The van der Waals surface area contributed by atoms with Crippen molar-refractivity contribution in [2.24, 2.45) is 0 Å². The summed E-state index contributed by atoms with van der Waals surface area (Å²) < 4.78 is 49.3. The molecule has 1 amide bonds. The zero-order valence-electron chi connectivity index (χ0n) is 16.6. The van der Waals surface area contributed by atoms with Gasteiger partial charge in [-0.3, -0.25) is 10.1 Å².